The van der Waals surface area contributed by atoms with Gasteiger partial charge < -0.3 is 19.4 Å². The van der Waals surface area contributed by atoms with Crippen LogP contribution in [-0.2, 0) is 16.0 Å². The summed E-state index contributed by atoms with van der Waals surface area (Å²) in [6.45, 7) is 2.04. The predicted octanol–water partition coefficient (Wildman–Crippen LogP) is 2.94. The lowest BCUT2D eigenvalue weighted by Crippen LogP contribution is -2.44. The van der Waals surface area contributed by atoms with Crippen LogP contribution in [0, 0.1) is 6.92 Å². The molecule has 1 N–H and O–H groups in total. The number of ether oxygens (including phenoxy) is 2. The van der Waals surface area contributed by atoms with E-state index in [-0.39, 0.29) is 18.1 Å². The molecule has 0 radical (unpaired) electrons. The summed E-state index contributed by atoms with van der Waals surface area (Å²) < 4.78 is 39.5. The summed E-state index contributed by atoms with van der Waals surface area (Å²) in [5.74, 6) is -0.304. The molecule has 0 spiro atoms. The molecule has 3 aromatic rings. The monoisotopic (exact) mass is 451 g/mol. The van der Waals surface area contributed by atoms with Crippen molar-refractivity contribution in [2.45, 2.75) is 32.0 Å². The van der Waals surface area contributed by atoms with Crippen molar-refractivity contribution < 1.29 is 23.0 Å². The van der Waals surface area contributed by atoms with Gasteiger partial charge in [-0.2, -0.15) is 0 Å². The Morgan fingerprint density at radius 3 is 2.84 bits per heavy atom. The molecule has 164 valence electrons. The van der Waals surface area contributed by atoms with Crippen molar-refractivity contribution >= 4 is 28.5 Å². The van der Waals surface area contributed by atoms with Gasteiger partial charge in [0.05, 0.1) is 49.3 Å². The number of nitrogens with one attached hydrogen (secondary N) is 1. The molecule has 1 aliphatic rings. The summed E-state index contributed by atoms with van der Waals surface area (Å²) >= 11 is 6.06. The Bertz CT molecular complexity index is 1070. The Balaban J connectivity index is 1.76. The second kappa shape index (κ2) is 9.21. The Morgan fingerprint density at radius 2 is 2.16 bits per heavy atom. The van der Waals surface area contributed by atoms with Gasteiger partial charge in [-0.25, -0.2) is 18.7 Å². The molecule has 2 atom stereocenters. The van der Waals surface area contributed by atoms with Gasteiger partial charge in [-0.15, -0.1) is 0 Å². The molecule has 2 unspecified atom stereocenters. The first-order valence-electron chi connectivity index (χ1n) is 9.65. The fraction of sp³-hybridized carbons (Fsp3) is 0.400. The van der Waals surface area contributed by atoms with Gasteiger partial charge >= 0.3 is 0 Å². The van der Waals surface area contributed by atoms with Crippen LogP contribution in [0.2, 0.25) is 5.02 Å². The maximum atomic E-state index is 13.4. The summed E-state index contributed by atoms with van der Waals surface area (Å²) in [7, 11) is 0. The number of halogens is 3. The van der Waals surface area contributed by atoms with Crippen LogP contribution in [0.25, 0.3) is 11.0 Å². The van der Waals surface area contributed by atoms with Crippen molar-refractivity contribution in [3.8, 4) is 0 Å². The van der Waals surface area contributed by atoms with Crippen LogP contribution in [0.1, 0.15) is 28.0 Å². The molecule has 0 aliphatic carbocycles. The highest BCUT2D eigenvalue weighted by Gasteiger charge is 2.33. The highest BCUT2D eigenvalue weighted by molar-refractivity contribution is 6.31. The van der Waals surface area contributed by atoms with Gasteiger partial charge in [0.2, 0.25) is 0 Å². The van der Waals surface area contributed by atoms with Crippen molar-refractivity contribution in [3.63, 3.8) is 0 Å². The number of carbonyl (C=O) groups is 1. The van der Waals surface area contributed by atoms with E-state index in [1.807, 2.05) is 0 Å². The number of hydrogen-bond acceptors (Lipinski definition) is 6. The van der Waals surface area contributed by atoms with Gasteiger partial charge in [-0.3, -0.25) is 9.78 Å². The lowest BCUT2D eigenvalue weighted by molar-refractivity contribution is -0.102. The molecular weight excluding hydrogens is 432 g/mol. The molecule has 1 saturated heterocycles. The lowest BCUT2D eigenvalue weighted by atomic mass is 10.1. The average Bonchev–Trinajstić information content (AvgIpc) is 3.09. The minimum absolute atomic E-state index is 0.0897. The first-order chi connectivity index (χ1) is 14.9. The number of fused-ring (bicyclic) bond motifs is 1. The van der Waals surface area contributed by atoms with E-state index in [4.69, 9.17) is 21.1 Å². The zero-order chi connectivity index (χ0) is 22.0. The van der Waals surface area contributed by atoms with Crippen molar-refractivity contribution in [1.29, 1.82) is 0 Å². The number of benzene rings is 1. The standard InChI is InChI=1S/C20H20ClF2N5O3/c1-11-7-25-14(8-24-11)20(29)27-18(16-10-30-4-5-31-16)19-26-13-6-12(21)2-3-15(13)28(19)9-17(22)23/h2-3,6-8,16-18H,4-5,9-10H2,1H3,(H,27,29). The molecule has 1 amide bonds. The van der Waals surface area contributed by atoms with Gasteiger partial charge in [-0.1, -0.05) is 11.6 Å². The summed E-state index contributed by atoms with van der Waals surface area (Å²) in [6, 6.07) is 3.96. The van der Waals surface area contributed by atoms with Crippen LogP contribution in [0.4, 0.5) is 8.78 Å². The Labute approximate surface area is 181 Å². The molecule has 1 fully saturated rings. The van der Waals surface area contributed by atoms with Crippen LogP contribution in [-0.4, -0.2) is 57.8 Å². The van der Waals surface area contributed by atoms with Gasteiger partial charge in [0.25, 0.3) is 12.3 Å². The molecule has 8 nitrogen and oxygen atoms in total. The van der Waals surface area contributed by atoms with Gasteiger partial charge in [0.1, 0.15) is 23.7 Å². The van der Waals surface area contributed by atoms with E-state index in [0.717, 1.165) is 0 Å². The molecular formula is C20H20ClF2N5O3. The largest absolute Gasteiger partial charge is 0.376 e. The molecule has 0 bridgehead atoms. The first kappa shape index (κ1) is 21.5. The van der Waals surface area contributed by atoms with Crippen LogP contribution >= 0.6 is 11.6 Å². The average molecular weight is 452 g/mol. The first-order valence-corrected chi connectivity index (χ1v) is 10.0. The van der Waals surface area contributed by atoms with E-state index in [1.54, 1.807) is 25.1 Å². The SMILES string of the molecule is Cc1cnc(C(=O)NC(c2nc3cc(Cl)ccc3n2CC(F)F)C2COCCO2)cn1. The number of alkyl halides is 2. The van der Waals surface area contributed by atoms with Crippen molar-refractivity contribution in [3.05, 3.63) is 52.8 Å². The molecule has 11 heteroatoms. The Hall–Kier alpha value is -2.69. The maximum Gasteiger partial charge on any atom is 0.272 e. The number of carbonyl (C=O) groups excluding carboxylic acids is 1. The molecule has 2 aromatic heterocycles. The van der Waals surface area contributed by atoms with Crippen LogP contribution in [0.5, 0.6) is 0 Å². The fourth-order valence-corrected chi connectivity index (χ4v) is 3.60. The third-order valence-electron chi connectivity index (χ3n) is 4.85. The quantitative estimate of drug-likeness (QED) is 0.619. The zero-order valence-electron chi connectivity index (χ0n) is 16.6. The Morgan fingerprint density at radius 1 is 1.32 bits per heavy atom. The van der Waals surface area contributed by atoms with E-state index >= 15 is 0 Å². The highest BCUT2D eigenvalue weighted by atomic mass is 35.5. The van der Waals surface area contributed by atoms with E-state index in [0.29, 0.717) is 35.0 Å². The number of rotatable bonds is 6. The predicted molar refractivity (Wildman–Crippen MR) is 108 cm³/mol. The fourth-order valence-electron chi connectivity index (χ4n) is 3.44. The summed E-state index contributed by atoms with van der Waals surface area (Å²) in [6.07, 6.45) is -0.436. The maximum absolute atomic E-state index is 13.4. The zero-order valence-corrected chi connectivity index (χ0v) is 17.4. The number of hydrogen-bond donors (Lipinski definition) is 1. The molecule has 31 heavy (non-hydrogen) atoms. The van der Waals surface area contributed by atoms with Crippen LogP contribution in [0.15, 0.2) is 30.6 Å². The van der Waals surface area contributed by atoms with Crippen molar-refractivity contribution in [2.75, 3.05) is 19.8 Å². The van der Waals surface area contributed by atoms with E-state index in [1.165, 1.54) is 17.0 Å². The lowest BCUT2D eigenvalue weighted by Gasteiger charge is -2.31. The highest BCUT2D eigenvalue weighted by Crippen LogP contribution is 2.28. The van der Waals surface area contributed by atoms with E-state index < -0.39 is 31.0 Å². The minimum Gasteiger partial charge on any atom is -0.376 e. The normalized spacial score (nSPS) is 17.8. The third kappa shape index (κ3) is 4.81. The number of amides is 1. The Kier molecular flexibility index (Phi) is 6.40. The number of nitrogens with zero attached hydrogens (tertiary/aromatic N) is 4. The van der Waals surface area contributed by atoms with Gasteiger partial charge in [0.15, 0.2) is 0 Å². The number of imidazole rings is 1. The second-order valence-corrected chi connectivity index (χ2v) is 7.52. The number of aromatic nitrogens is 4. The molecule has 3 heterocycles. The topological polar surface area (TPSA) is 91.2 Å². The van der Waals surface area contributed by atoms with Crippen molar-refractivity contribution in [1.82, 2.24) is 24.8 Å². The van der Waals surface area contributed by atoms with Gasteiger partial charge in [0, 0.05) is 11.2 Å². The van der Waals surface area contributed by atoms with Gasteiger partial charge in [-0.05, 0) is 25.1 Å². The van der Waals surface area contributed by atoms with Crippen LogP contribution in [0.3, 0.4) is 0 Å². The van der Waals surface area contributed by atoms with E-state index in [2.05, 4.69) is 20.3 Å². The molecule has 4 rings (SSSR count). The second-order valence-electron chi connectivity index (χ2n) is 7.08. The van der Waals surface area contributed by atoms with E-state index in [9.17, 15) is 13.6 Å². The number of aryl methyl sites for hydroxylation is 1. The van der Waals surface area contributed by atoms with Crippen molar-refractivity contribution in [2.24, 2.45) is 0 Å². The summed E-state index contributed by atoms with van der Waals surface area (Å²) in [4.78, 5) is 25.6. The summed E-state index contributed by atoms with van der Waals surface area (Å²) in [5, 5.41) is 3.24. The molecule has 1 aromatic carbocycles. The summed E-state index contributed by atoms with van der Waals surface area (Å²) in [5.41, 5.74) is 1.67. The smallest absolute Gasteiger partial charge is 0.272 e. The molecule has 0 saturated carbocycles. The third-order valence-corrected chi connectivity index (χ3v) is 5.09. The minimum atomic E-state index is -2.63. The molecule has 1 aliphatic heterocycles. The van der Waals surface area contributed by atoms with Crippen LogP contribution < -0.4 is 5.32 Å².